The summed E-state index contributed by atoms with van der Waals surface area (Å²) in [6.07, 6.45) is 4.66. The van der Waals surface area contributed by atoms with Gasteiger partial charge in [-0.3, -0.25) is 9.36 Å². The van der Waals surface area contributed by atoms with Gasteiger partial charge in [0.2, 0.25) is 5.60 Å². The van der Waals surface area contributed by atoms with E-state index < -0.39 is 11.4 Å². The second-order valence-corrected chi connectivity index (χ2v) is 5.22. The minimum atomic E-state index is -1.15. The number of benzene rings is 1. The largest absolute Gasteiger partial charge is 0.379 e. The Balaban J connectivity index is 1.85. The zero-order chi connectivity index (χ0) is 15.0. The first-order chi connectivity index (χ1) is 9.99. The number of imidazole rings is 1. The highest BCUT2D eigenvalue weighted by Crippen LogP contribution is 2.30. The Bertz CT molecular complexity index is 730. The molecule has 0 amide bonds. The summed E-state index contributed by atoms with van der Waals surface area (Å²) in [6, 6.07) is 5.09. The lowest BCUT2D eigenvalue weighted by Gasteiger charge is -2.19. The van der Waals surface area contributed by atoms with Crippen molar-refractivity contribution in [2.45, 2.75) is 18.9 Å². The van der Waals surface area contributed by atoms with Crippen molar-refractivity contribution in [3.05, 3.63) is 53.3 Å². The minimum Gasteiger partial charge on any atom is -0.379 e. The van der Waals surface area contributed by atoms with Gasteiger partial charge in [0.15, 0.2) is 0 Å². The van der Waals surface area contributed by atoms with Crippen LogP contribution in [0, 0.1) is 11.9 Å². The molecular formula is C14H10ClFN3O2. The number of rotatable bonds is 2. The van der Waals surface area contributed by atoms with Gasteiger partial charge in [0.25, 0.3) is 5.91 Å². The van der Waals surface area contributed by atoms with Gasteiger partial charge in [-0.05, 0) is 19.1 Å². The molecule has 0 N–H and O–H groups in total. The van der Waals surface area contributed by atoms with Crippen LogP contribution in [0.25, 0.3) is 0 Å². The number of nitrogens with zero attached hydrogens (tertiary/aromatic N) is 3. The Kier molecular flexibility index (Phi) is 3.25. The molecule has 0 spiro atoms. The highest BCUT2D eigenvalue weighted by Gasteiger charge is 2.43. The fourth-order valence-electron chi connectivity index (χ4n) is 2.12. The van der Waals surface area contributed by atoms with Crippen molar-refractivity contribution in [1.29, 1.82) is 0 Å². The lowest BCUT2D eigenvalue weighted by Crippen LogP contribution is -2.39. The van der Waals surface area contributed by atoms with Crippen molar-refractivity contribution >= 4 is 23.2 Å². The number of oxime groups is 1. The maximum absolute atomic E-state index is 13.0. The van der Waals surface area contributed by atoms with Gasteiger partial charge in [-0.15, -0.1) is 0 Å². The second kappa shape index (κ2) is 4.96. The van der Waals surface area contributed by atoms with Gasteiger partial charge < -0.3 is 4.84 Å². The third-order valence-corrected chi connectivity index (χ3v) is 3.52. The highest BCUT2D eigenvalue weighted by atomic mass is 35.5. The molecule has 1 radical (unpaired) electrons. The third-order valence-electron chi connectivity index (χ3n) is 3.23. The molecule has 0 saturated carbocycles. The fraction of sp³-hybridized carbons (Fsp3) is 0.214. The van der Waals surface area contributed by atoms with E-state index in [-0.39, 0.29) is 17.4 Å². The van der Waals surface area contributed by atoms with Gasteiger partial charge in [-0.1, -0.05) is 16.8 Å². The summed E-state index contributed by atoms with van der Waals surface area (Å²) in [5, 5.41) is 4.02. The molecule has 1 unspecified atom stereocenters. The zero-order valence-corrected chi connectivity index (χ0v) is 11.8. The van der Waals surface area contributed by atoms with Crippen molar-refractivity contribution in [3.63, 3.8) is 0 Å². The van der Waals surface area contributed by atoms with Crippen molar-refractivity contribution in [2.75, 3.05) is 0 Å². The van der Waals surface area contributed by atoms with Crippen LogP contribution in [-0.2, 0) is 4.84 Å². The Morgan fingerprint density at radius 2 is 2.38 bits per heavy atom. The number of carbonyl (C=O) groups excluding carboxylic acids is 1. The Hall–Kier alpha value is -2.21. The van der Waals surface area contributed by atoms with E-state index in [1.165, 1.54) is 35.4 Å². The van der Waals surface area contributed by atoms with E-state index in [9.17, 15) is 9.18 Å². The van der Waals surface area contributed by atoms with Crippen LogP contribution < -0.4 is 0 Å². The molecule has 0 fully saturated rings. The highest BCUT2D eigenvalue weighted by molar-refractivity contribution is 6.34. The van der Waals surface area contributed by atoms with E-state index in [4.69, 9.17) is 16.4 Å². The summed E-state index contributed by atoms with van der Waals surface area (Å²) < 4.78 is 14.4. The van der Waals surface area contributed by atoms with Crippen molar-refractivity contribution < 1.29 is 14.0 Å². The SMILES string of the molecule is CC1(C(=O)n2ccnc2)CC(c2ccc(F)[c]c2Cl)=NO1. The fourth-order valence-corrected chi connectivity index (χ4v) is 2.38. The van der Waals surface area contributed by atoms with E-state index in [1.54, 1.807) is 6.92 Å². The molecule has 1 aromatic carbocycles. The predicted octanol–water partition coefficient (Wildman–Crippen LogP) is 2.70. The standard InChI is InChI=1S/C14H10ClFN3O2/c1-14(13(20)19-5-4-17-8-19)7-12(18-21-14)10-3-2-9(16)6-11(10)15/h2-5,8H,7H2,1H3. The molecule has 1 aliphatic rings. The summed E-state index contributed by atoms with van der Waals surface area (Å²) in [5.41, 5.74) is -0.166. The number of carbonyl (C=O) groups is 1. The van der Waals surface area contributed by atoms with Crippen LogP contribution in [0.3, 0.4) is 0 Å². The van der Waals surface area contributed by atoms with Crippen LogP contribution >= 0.6 is 11.6 Å². The van der Waals surface area contributed by atoms with Crippen LogP contribution in [0.15, 0.2) is 36.0 Å². The van der Waals surface area contributed by atoms with E-state index in [0.717, 1.165) is 0 Å². The smallest absolute Gasteiger partial charge is 0.278 e. The first kappa shape index (κ1) is 13.8. The summed E-state index contributed by atoms with van der Waals surface area (Å²) in [4.78, 5) is 21.5. The second-order valence-electron chi connectivity index (χ2n) is 4.85. The molecule has 1 atom stereocenters. The van der Waals surface area contributed by atoms with Gasteiger partial charge in [0.1, 0.15) is 12.1 Å². The average Bonchev–Trinajstić information content (AvgIpc) is 3.08. The van der Waals surface area contributed by atoms with Crippen LogP contribution in [0.1, 0.15) is 23.7 Å². The molecule has 5 nitrogen and oxygen atoms in total. The number of aromatic nitrogens is 2. The topological polar surface area (TPSA) is 56.5 Å². The van der Waals surface area contributed by atoms with Crippen LogP contribution in [0.4, 0.5) is 4.39 Å². The summed E-state index contributed by atoms with van der Waals surface area (Å²) in [6.45, 7) is 1.63. The van der Waals surface area contributed by atoms with Crippen LogP contribution in [0.2, 0.25) is 5.02 Å². The molecule has 21 heavy (non-hydrogen) atoms. The molecule has 0 saturated heterocycles. The average molecular weight is 307 g/mol. The Morgan fingerprint density at radius 1 is 1.57 bits per heavy atom. The molecule has 1 aliphatic heterocycles. The van der Waals surface area contributed by atoms with Crippen LogP contribution in [0.5, 0.6) is 0 Å². The minimum absolute atomic E-state index is 0.108. The molecule has 107 valence electrons. The number of hydrogen-bond donors (Lipinski definition) is 0. The van der Waals surface area contributed by atoms with Gasteiger partial charge in [0.05, 0.1) is 10.7 Å². The summed E-state index contributed by atoms with van der Waals surface area (Å²) >= 11 is 5.95. The maximum Gasteiger partial charge on any atom is 0.278 e. The number of halogens is 2. The molecular weight excluding hydrogens is 297 g/mol. The van der Waals surface area contributed by atoms with Crippen molar-refractivity contribution in [1.82, 2.24) is 9.55 Å². The molecule has 2 heterocycles. The molecule has 7 heteroatoms. The maximum atomic E-state index is 13.0. The quantitative estimate of drug-likeness (QED) is 0.857. The number of hydrogen-bond acceptors (Lipinski definition) is 4. The van der Waals surface area contributed by atoms with Crippen molar-refractivity contribution in [3.8, 4) is 0 Å². The van der Waals surface area contributed by atoms with Gasteiger partial charge in [-0.2, -0.15) is 0 Å². The van der Waals surface area contributed by atoms with E-state index >= 15 is 0 Å². The lowest BCUT2D eigenvalue weighted by molar-refractivity contribution is -0.00129. The van der Waals surface area contributed by atoms with Crippen molar-refractivity contribution in [2.24, 2.45) is 5.16 Å². The van der Waals surface area contributed by atoms with Crippen LogP contribution in [-0.4, -0.2) is 26.8 Å². The van der Waals surface area contributed by atoms with Gasteiger partial charge >= 0.3 is 0 Å². The monoisotopic (exact) mass is 306 g/mol. The molecule has 2 aromatic rings. The van der Waals surface area contributed by atoms with E-state index in [0.29, 0.717) is 11.3 Å². The summed E-state index contributed by atoms with van der Waals surface area (Å²) in [5.74, 6) is -0.846. The molecule has 0 aliphatic carbocycles. The van der Waals surface area contributed by atoms with E-state index in [1.807, 2.05) is 0 Å². The first-order valence-corrected chi connectivity index (χ1v) is 6.53. The van der Waals surface area contributed by atoms with Gasteiger partial charge in [0, 0.05) is 30.4 Å². The zero-order valence-electron chi connectivity index (χ0n) is 11.0. The van der Waals surface area contributed by atoms with Gasteiger partial charge in [-0.25, -0.2) is 9.37 Å². The molecule has 3 rings (SSSR count). The third kappa shape index (κ3) is 2.42. The first-order valence-electron chi connectivity index (χ1n) is 6.15. The molecule has 1 aromatic heterocycles. The normalized spacial score (nSPS) is 21.0. The van der Waals surface area contributed by atoms with E-state index in [2.05, 4.69) is 16.2 Å². The summed E-state index contributed by atoms with van der Waals surface area (Å²) in [7, 11) is 0. The predicted molar refractivity (Wildman–Crippen MR) is 73.7 cm³/mol. The lowest BCUT2D eigenvalue weighted by atomic mass is 9.95. The molecule has 0 bridgehead atoms. The Morgan fingerprint density at radius 3 is 3.05 bits per heavy atom. The Labute approximate surface area is 125 Å².